The van der Waals surface area contributed by atoms with Gasteiger partial charge in [0.25, 0.3) is 0 Å². The monoisotopic (exact) mass is 324 g/mol. The van der Waals surface area contributed by atoms with Gasteiger partial charge in [-0.3, -0.25) is 0 Å². The Morgan fingerprint density at radius 2 is 2.16 bits per heavy atom. The Hall–Kier alpha value is -1.40. The molecule has 102 valence electrons. The summed E-state index contributed by atoms with van der Waals surface area (Å²) in [7, 11) is 1.93. The Bertz CT molecular complexity index is 568. The highest BCUT2D eigenvalue weighted by molar-refractivity contribution is 9.10. The predicted octanol–water partition coefficient (Wildman–Crippen LogP) is 1.97. The van der Waals surface area contributed by atoms with E-state index in [1.54, 1.807) is 0 Å². The van der Waals surface area contributed by atoms with E-state index in [1.807, 2.05) is 36.7 Å². The van der Waals surface area contributed by atoms with Crippen LogP contribution in [0.1, 0.15) is 17.2 Å². The van der Waals surface area contributed by atoms with Crippen molar-refractivity contribution < 1.29 is 4.74 Å². The number of rotatable bonds is 5. The van der Waals surface area contributed by atoms with Gasteiger partial charge in [0.1, 0.15) is 18.2 Å². The average molecular weight is 325 g/mol. The van der Waals surface area contributed by atoms with E-state index < -0.39 is 0 Å². The number of nitrogens with two attached hydrogens (primary N) is 1. The first-order chi connectivity index (χ1) is 9.11. The molecule has 19 heavy (non-hydrogen) atoms. The third-order valence-corrected chi connectivity index (χ3v) is 3.76. The normalized spacial score (nSPS) is 10.7. The molecule has 0 bridgehead atoms. The fraction of sp³-hybridized carbons (Fsp3) is 0.385. The molecule has 1 aromatic heterocycles. The first-order valence-electron chi connectivity index (χ1n) is 6.08. The largest absolute Gasteiger partial charge is 0.486 e. The van der Waals surface area contributed by atoms with Crippen molar-refractivity contribution in [3.8, 4) is 5.75 Å². The van der Waals surface area contributed by atoms with Gasteiger partial charge in [-0.05, 0) is 43.7 Å². The average Bonchev–Trinajstić information content (AvgIpc) is 2.71. The summed E-state index contributed by atoms with van der Waals surface area (Å²) in [5, 5.41) is 8.06. The lowest BCUT2D eigenvalue weighted by molar-refractivity contribution is 0.290. The molecule has 2 rings (SSSR count). The Kier molecular flexibility index (Phi) is 4.55. The Balaban J connectivity index is 2.07. The fourth-order valence-electron chi connectivity index (χ4n) is 1.71. The number of benzene rings is 1. The zero-order valence-corrected chi connectivity index (χ0v) is 12.6. The van der Waals surface area contributed by atoms with Crippen LogP contribution < -0.4 is 10.5 Å². The molecule has 5 nitrogen and oxygen atoms in total. The van der Waals surface area contributed by atoms with Gasteiger partial charge in [-0.25, -0.2) is 0 Å². The molecule has 2 N–H and O–H groups in total. The second kappa shape index (κ2) is 6.16. The zero-order valence-electron chi connectivity index (χ0n) is 11.1. The van der Waals surface area contributed by atoms with Crippen LogP contribution in [-0.2, 0) is 20.1 Å². The maximum atomic E-state index is 5.74. The molecular formula is C13H17BrN4O. The van der Waals surface area contributed by atoms with Crippen molar-refractivity contribution in [3.05, 3.63) is 39.9 Å². The van der Waals surface area contributed by atoms with Gasteiger partial charge in [-0.2, -0.15) is 0 Å². The lowest BCUT2D eigenvalue weighted by Crippen LogP contribution is -2.06. The van der Waals surface area contributed by atoms with Crippen LogP contribution in [0.4, 0.5) is 0 Å². The first kappa shape index (κ1) is 14.0. The Morgan fingerprint density at radius 1 is 1.37 bits per heavy atom. The SMILES string of the molecule is Cc1nnc(COc2ccc(Br)c(CCN)c2)n1C. The van der Waals surface area contributed by atoms with Gasteiger partial charge < -0.3 is 15.0 Å². The van der Waals surface area contributed by atoms with Crippen molar-refractivity contribution in [2.45, 2.75) is 20.0 Å². The van der Waals surface area contributed by atoms with E-state index in [1.165, 1.54) is 0 Å². The standard InChI is InChI=1S/C13H17BrN4O/c1-9-16-17-13(18(9)2)8-19-11-3-4-12(14)10(7-11)5-6-15/h3-4,7H,5-6,8,15H2,1-2H3. The molecule has 0 aliphatic carbocycles. The maximum absolute atomic E-state index is 5.74. The van der Waals surface area contributed by atoms with Crippen LogP contribution in [0.15, 0.2) is 22.7 Å². The summed E-state index contributed by atoms with van der Waals surface area (Å²) in [5.41, 5.74) is 6.73. The Labute approximate surface area is 120 Å². The number of hydrogen-bond acceptors (Lipinski definition) is 4. The highest BCUT2D eigenvalue weighted by Crippen LogP contribution is 2.23. The van der Waals surface area contributed by atoms with Crippen molar-refractivity contribution in [3.63, 3.8) is 0 Å². The van der Waals surface area contributed by atoms with E-state index in [9.17, 15) is 0 Å². The van der Waals surface area contributed by atoms with Gasteiger partial charge >= 0.3 is 0 Å². The maximum Gasteiger partial charge on any atom is 0.170 e. The van der Waals surface area contributed by atoms with Crippen LogP contribution in [0, 0.1) is 6.92 Å². The van der Waals surface area contributed by atoms with E-state index in [0.29, 0.717) is 13.2 Å². The summed E-state index contributed by atoms with van der Waals surface area (Å²) in [6.45, 7) is 2.93. The van der Waals surface area contributed by atoms with Crippen molar-refractivity contribution in [2.24, 2.45) is 12.8 Å². The number of aromatic nitrogens is 3. The number of ether oxygens (including phenoxy) is 1. The molecule has 0 unspecified atom stereocenters. The molecule has 0 spiro atoms. The third-order valence-electron chi connectivity index (χ3n) is 2.98. The lowest BCUT2D eigenvalue weighted by atomic mass is 10.1. The number of aryl methyl sites for hydroxylation is 1. The zero-order chi connectivity index (χ0) is 13.8. The molecule has 0 radical (unpaired) electrons. The topological polar surface area (TPSA) is 66.0 Å². The smallest absolute Gasteiger partial charge is 0.170 e. The van der Waals surface area contributed by atoms with Crippen LogP contribution >= 0.6 is 15.9 Å². The summed E-state index contributed by atoms with van der Waals surface area (Å²) in [4.78, 5) is 0. The van der Waals surface area contributed by atoms with Gasteiger partial charge in [0.15, 0.2) is 5.82 Å². The number of halogens is 1. The van der Waals surface area contributed by atoms with Crippen molar-refractivity contribution in [1.29, 1.82) is 0 Å². The predicted molar refractivity (Wildman–Crippen MR) is 77.0 cm³/mol. The van der Waals surface area contributed by atoms with Gasteiger partial charge in [0.05, 0.1) is 0 Å². The summed E-state index contributed by atoms with van der Waals surface area (Å²) < 4.78 is 8.71. The van der Waals surface area contributed by atoms with Gasteiger partial charge in [-0.1, -0.05) is 15.9 Å². The third kappa shape index (κ3) is 3.33. The van der Waals surface area contributed by atoms with Crippen molar-refractivity contribution in [2.75, 3.05) is 6.54 Å². The molecule has 0 amide bonds. The quantitative estimate of drug-likeness (QED) is 0.913. The van der Waals surface area contributed by atoms with Crippen molar-refractivity contribution in [1.82, 2.24) is 14.8 Å². The molecule has 2 aromatic rings. The minimum absolute atomic E-state index is 0.404. The fourth-order valence-corrected chi connectivity index (χ4v) is 2.16. The molecule has 6 heteroatoms. The van der Waals surface area contributed by atoms with Gasteiger partial charge in [0.2, 0.25) is 0 Å². The summed E-state index contributed by atoms with van der Waals surface area (Å²) >= 11 is 3.50. The molecule has 0 aliphatic rings. The molecule has 0 aliphatic heterocycles. The van der Waals surface area contributed by atoms with Crippen LogP contribution in [-0.4, -0.2) is 21.3 Å². The van der Waals surface area contributed by atoms with E-state index >= 15 is 0 Å². The second-order valence-electron chi connectivity index (χ2n) is 4.30. The van der Waals surface area contributed by atoms with E-state index in [4.69, 9.17) is 10.5 Å². The number of nitrogens with zero attached hydrogens (tertiary/aromatic N) is 3. The second-order valence-corrected chi connectivity index (χ2v) is 5.16. The van der Waals surface area contributed by atoms with E-state index in [2.05, 4.69) is 26.1 Å². The molecule has 0 atom stereocenters. The first-order valence-corrected chi connectivity index (χ1v) is 6.87. The van der Waals surface area contributed by atoms with E-state index in [0.717, 1.165) is 33.9 Å². The van der Waals surface area contributed by atoms with E-state index in [-0.39, 0.29) is 0 Å². The molecule has 0 fully saturated rings. The lowest BCUT2D eigenvalue weighted by Gasteiger charge is -2.09. The highest BCUT2D eigenvalue weighted by atomic mass is 79.9. The summed E-state index contributed by atoms with van der Waals surface area (Å²) in [5.74, 6) is 2.49. The minimum atomic E-state index is 0.404. The molecule has 1 aromatic carbocycles. The molecular weight excluding hydrogens is 308 g/mol. The van der Waals surface area contributed by atoms with Gasteiger partial charge in [-0.15, -0.1) is 10.2 Å². The van der Waals surface area contributed by atoms with Crippen LogP contribution in [0.2, 0.25) is 0 Å². The molecule has 1 heterocycles. The number of hydrogen-bond donors (Lipinski definition) is 1. The highest BCUT2D eigenvalue weighted by Gasteiger charge is 2.07. The summed E-state index contributed by atoms with van der Waals surface area (Å²) in [6, 6.07) is 5.90. The van der Waals surface area contributed by atoms with Gasteiger partial charge in [0, 0.05) is 11.5 Å². The summed E-state index contributed by atoms with van der Waals surface area (Å²) in [6.07, 6.45) is 0.820. The van der Waals surface area contributed by atoms with Crippen molar-refractivity contribution >= 4 is 15.9 Å². The van der Waals surface area contributed by atoms with Crippen LogP contribution in [0.25, 0.3) is 0 Å². The molecule has 0 saturated carbocycles. The van der Waals surface area contributed by atoms with Crippen LogP contribution in [0.3, 0.4) is 0 Å². The molecule has 0 saturated heterocycles. The Morgan fingerprint density at radius 3 is 2.79 bits per heavy atom. The van der Waals surface area contributed by atoms with Crippen LogP contribution in [0.5, 0.6) is 5.75 Å². The minimum Gasteiger partial charge on any atom is -0.486 e.